The third kappa shape index (κ3) is 6.28. The van der Waals surface area contributed by atoms with Gasteiger partial charge in [0.2, 0.25) is 0 Å². The zero-order valence-electron chi connectivity index (χ0n) is 14.2. The summed E-state index contributed by atoms with van der Waals surface area (Å²) in [5.41, 5.74) is 0. The molecule has 2 radical (unpaired) electrons. The van der Waals surface area contributed by atoms with Crippen LogP contribution >= 0.6 is 0 Å². The Bertz CT molecular complexity index is 572. The zero-order valence-corrected chi connectivity index (χ0v) is 19.4. The van der Waals surface area contributed by atoms with Crippen molar-refractivity contribution < 1.29 is 0 Å². The molecular formula is C22H24SnTe. The third-order valence-electron chi connectivity index (χ3n) is 3.69. The van der Waals surface area contributed by atoms with Crippen LogP contribution in [0.2, 0.25) is 4.47 Å². The molecule has 0 atom stereocenters. The standard InChI is InChI=1S/3C6H5.C4H9Te.Sn/c3*1-2-4-6-5-3-1;1-2-3-4-5;/h3*1-5H;2-4H2,1H3;. The first-order valence-electron chi connectivity index (χ1n) is 8.48. The van der Waals surface area contributed by atoms with E-state index < -0.39 is 19.8 Å². The van der Waals surface area contributed by atoms with Crippen molar-refractivity contribution in [3.05, 3.63) is 91.0 Å². The van der Waals surface area contributed by atoms with Gasteiger partial charge in [0.05, 0.1) is 0 Å². The summed E-state index contributed by atoms with van der Waals surface area (Å²) in [4.78, 5) is 0. The van der Waals surface area contributed by atoms with Crippen molar-refractivity contribution in [2.24, 2.45) is 0 Å². The molecule has 0 unspecified atom stereocenters. The van der Waals surface area contributed by atoms with Gasteiger partial charge in [0, 0.05) is 0 Å². The Morgan fingerprint density at radius 2 is 0.958 bits per heavy atom. The Kier molecular flexibility index (Phi) is 9.58. The number of unbranched alkanes of at least 4 members (excludes halogenated alkanes) is 1. The van der Waals surface area contributed by atoms with Gasteiger partial charge in [0.1, 0.15) is 0 Å². The van der Waals surface area contributed by atoms with Crippen LogP contribution in [0.1, 0.15) is 19.8 Å². The van der Waals surface area contributed by atoms with Crippen molar-refractivity contribution in [1.29, 1.82) is 0 Å². The molecule has 0 aliphatic heterocycles. The van der Waals surface area contributed by atoms with Crippen LogP contribution in [-0.2, 0) is 0 Å². The molecule has 0 amide bonds. The van der Waals surface area contributed by atoms with Gasteiger partial charge in [-0.1, -0.05) is 0 Å². The zero-order chi connectivity index (χ0) is 17.0. The quantitative estimate of drug-likeness (QED) is 0.439. The molecule has 0 N–H and O–H groups in total. The summed E-state index contributed by atoms with van der Waals surface area (Å²) >= 11 is 0.172. The SMILES string of the molecule is CCCC[Te].c1cc[c]([Sn]([c]2ccccc2)[c]2ccccc2)cc1. The molecule has 24 heavy (non-hydrogen) atoms. The monoisotopic (exact) mass is 538 g/mol. The fourth-order valence-electron chi connectivity index (χ4n) is 2.46. The topological polar surface area (TPSA) is 0 Å². The summed E-state index contributed by atoms with van der Waals surface area (Å²) in [6.07, 6.45) is 2.74. The van der Waals surface area contributed by atoms with E-state index in [4.69, 9.17) is 0 Å². The fourth-order valence-corrected chi connectivity index (χ4v) is 10.6. The summed E-state index contributed by atoms with van der Waals surface area (Å²) in [6, 6.07) is 32.9. The van der Waals surface area contributed by atoms with Gasteiger partial charge in [-0.3, -0.25) is 0 Å². The minimum atomic E-state index is -1.98. The molecule has 0 heterocycles. The van der Waals surface area contributed by atoms with Crippen LogP contribution in [0.5, 0.6) is 0 Å². The molecule has 0 nitrogen and oxygen atoms in total. The van der Waals surface area contributed by atoms with Gasteiger partial charge in [-0.2, -0.15) is 0 Å². The summed E-state index contributed by atoms with van der Waals surface area (Å²) < 4.78 is 5.94. The van der Waals surface area contributed by atoms with Crippen molar-refractivity contribution in [2.75, 3.05) is 0 Å². The molecule has 0 saturated carbocycles. The molecule has 122 valence electrons. The fraction of sp³-hybridized carbons (Fsp3) is 0.182. The van der Waals surface area contributed by atoms with E-state index in [1.807, 2.05) is 0 Å². The Morgan fingerprint density at radius 3 is 1.17 bits per heavy atom. The molecule has 3 rings (SSSR count). The van der Waals surface area contributed by atoms with Crippen molar-refractivity contribution in [3.63, 3.8) is 0 Å². The molecule has 2 heteroatoms. The van der Waals surface area contributed by atoms with E-state index in [0.717, 1.165) is 0 Å². The van der Waals surface area contributed by atoms with Crippen molar-refractivity contribution in [3.8, 4) is 0 Å². The second-order valence-corrected chi connectivity index (χ2v) is 13.8. The summed E-state index contributed by atoms with van der Waals surface area (Å²) in [5, 5.41) is 0. The minimum absolute atomic E-state index is 1.35. The molecule has 0 fully saturated rings. The average molecular weight is 535 g/mol. The summed E-state index contributed by atoms with van der Waals surface area (Å²) in [6.45, 7) is 2.21. The molecule has 3 aromatic rings. The van der Waals surface area contributed by atoms with Gasteiger partial charge < -0.3 is 0 Å². The Balaban J connectivity index is 0.000000368. The van der Waals surface area contributed by atoms with E-state index in [0.29, 0.717) is 0 Å². The number of hydrogen-bond acceptors (Lipinski definition) is 0. The first kappa shape index (κ1) is 19.6. The van der Waals surface area contributed by atoms with Crippen LogP contribution in [0.4, 0.5) is 0 Å². The van der Waals surface area contributed by atoms with Gasteiger partial charge in [-0.05, 0) is 0 Å². The second kappa shape index (κ2) is 11.7. The van der Waals surface area contributed by atoms with E-state index in [1.54, 1.807) is 0 Å². The predicted octanol–water partition coefficient (Wildman–Crippen LogP) is 3.58. The maximum absolute atomic E-state index is 2.29. The van der Waals surface area contributed by atoms with Crippen LogP contribution in [0, 0.1) is 0 Å². The van der Waals surface area contributed by atoms with Crippen LogP contribution < -0.4 is 10.7 Å². The average Bonchev–Trinajstić information content (AvgIpc) is 2.66. The molecule has 0 aromatic heterocycles. The normalized spacial score (nSPS) is 10.1. The Morgan fingerprint density at radius 1 is 0.625 bits per heavy atom. The molecule has 0 aliphatic carbocycles. The van der Waals surface area contributed by atoms with E-state index in [9.17, 15) is 0 Å². The van der Waals surface area contributed by atoms with Gasteiger partial charge in [-0.25, -0.2) is 0 Å². The van der Waals surface area contributed by atoms with Crippen molar-refractivity contribution >= 4 is 52.8 Å². The molecule has 0 aliphatic rings. The number of benzene rings is 3. The van der Waals surface area contributed by atoms with E-state index in [2.05, 4.69) is 120 Å². The molecule has 0 bridgehead atoms. The predicted molar refractivity (Wildman–Crippen MR) is 109 cm³/mol. The van der Waals surface area contributed by atoms with Crippen LogP contribution in [0.15, 0.2) is 91.0 Å². The van der Waals surface area contributed by atoms with Gasteiger partial charge in [0.15, 0.2) is 0 Å². The maximum atomic E-state index is 2.29. The summed E-state index contributed by atoms with van der Waals surface area (Å²) in [5.74, 6) is 0. The molecule has 0 saturated heterocycles. The second-order valence-electron chi connectivity index (χ2n) is 5.53. The number of hydrogen-bond donors (Lipinski definition) is 0. The first-order chi connectivity index (χ1) is 11.9. The first-order valence-corrected chi connectivity index (χ1v) is 14.4. The van der Waals surface area contributed by atoms with E-state index in [1.165, 1.54) is 28.0 Å². The Hall–Kier alpha value is -0.752. The summed E-state index contributed by atoms with van der Waals surface area (Å²) in [7, 11) is 0. The van der Waals surface area contributed by atoms with Crippen LogP contribution in [0.3, 0.4) is 0 Å². The van der Waals surface area contributed by atoms with Crippen LogP contribution in [0.25, 0.3) is 0 Å². The molecule has 0 spiro atoms. The van der Waals surface area contributed by atoms with Gasteiger partial charge >= 0.3 is 168 Å². The number of rotatable bonds is 5. The van der Waals surface area contributed by atoms with Crippen molar-refractivity contribution in [2.45, 2.75) is 24.2 Å². The van der Waals surface area contributed by atoms with Crippen LogP contribution in [-0.4, -0.2) is 42.1 Å². The van der Waals surface area contributed by atoms with E-state index in [-0.39, 0.29) is 0 Å². The molecular weight excluding hydrogens is 511 g/mol. The van der Waals surface area contributed by atoms with Gasteiger partial charge in [-0.15, -0.1) is 0 Å². The van der Waals surface area contributed by atoms with E-state index >= 15 is 0 Å². The Labute approximate surface area is 167 Å². The van der Waals surface area contributed by atoms with Gasteiger partial charge in [0.25, 0.3) is 0 Å². The van der Waals surface area contributed by atoms with Crippen molar-refractivity contribution in [1.82, 2.24) is 0 Å². The molecule has 3 aromatic carbocycles. The third-order valence-corrected chi connectivity index (χ3v) is 12.3.